The van der Waals surface area contributed by atoms with E-state index >= 15 is 0 Å². The minimum Gasteiger partial charge on any atom is -0.309 e. The van der Waals surface area contributed by atoms with Gasteiger partial charge in [-0.3, -0.25) is 4.90 Å². The van der Waals surface area contributed by atoms with E-state index in [2.05, 4.69) is 37.9 Å². The summed E-state index contributed by atoms with van der Waals surface area (Å²) in [6.07, 6.45) is 6.93. The van der Waals surface area contributed by atoms with Crippen molar-refractivity contribution in [1.29, 1.82) is 0 Å². The van der Waals surface area contributed by atoms with E-state index in [1.807, 2.05) is 0 Å². The fraction of sp³-hybridized carbons (Fsp3) is 1.00. The molecule has 0 radical (unpaired) electrons. The topological polar surface area (TPSA) is 15.3 Å². The Morgan fingerprint density at radius 2 is 1.88 bits per heavy atom. The molecule has 1 saturated heterocycles. The molecule has 0 bridgehead atoms. The second-order valence-corrected chi connectivity index (χ2v) is 6.55. The maximum absolute atomic E-state index is 3.76. The average Bonchev–Trinajstić information content (AvgIpc) is 2.71. The molecule has 1 atom stereocenters. The van der Waals surface area contributed by atoms with Crippen molar-refractivity contribution in [3.63, 3.8) is 0 Å². The second kappa shape index (κ2) is 4.30. The molecule has 0 aromatic heterocycles. The van der Waals surface area contributed by atoms with Gasteiger partial charge in [0.25, 0.3) is 0 Å². The first-order valence-electron chi connectivity index (χ1n) is 7.01. The van der Waals surface area contributed by atoms with Crippen molar-refractivity contribution in [2.24, 2.45) is 0 Å². The molecule has 0 aromatic rings. The molecule has 0 aromatic carbocycles. The summed E-state index contributed by atoms with van der Waals surface area (Å²) in [6.45, 7) is 11.8. The molecule has 2 aliphatic rings. The van der Waals surface area contributed by atoms with Crippen LogP contribution >= 0.6 is 0 Å². The number of nitrogens with zero attached hydrogens (tertiary/aromatic N) is 1. The van der Waals surface area contributed by atoms with E-state index in [1.54, 1.807) is 0 Å². The number of hydrogen-bond acceptors (Lipinski definition) is 2. The third kappa shape index (κ3) is 2.14. The zero-order valence-corrected chi connectivity index (χ0v) is 11.5. The van der Waals surface area contributed by atoms with Gasteiger partial charge in [-0.1, -0.05) is 19.8 Å². The van der Waals surface area contributed by atoms with Crippen LogP contribution in [0.4, 0.5) is 0 Å². The normalized spacial score (nSPS) is 30.8. The molecular weight excluding hydrogens is 196 g/mol. The number of piperazine rings is 1. The van der Waals surface area contributed by atoms with Gasteiger partial charge < -0.3 is 5.32 Å². The van der Waals surface area contributed by atoms with Crippen molar-refractivity contribution in [1.82, 2.24) is 10.2 Å². The van der Waals surface area contributed by atoms with E-state index in [0.717, 1.165) is 6.04 Å². The van der Waals surface area contributed by atoms with Gasteiger partial charge in [0.15, 0.2) is 0 Å². The first-order valence-corrected chi connectivity index (χ1v) is 7.01. The van der Waals surface area contributed by atoms with Gasteiger partial charge in [-0.05, 0) is 40.0 Å². The fourth-order valence-corrected chi connectivity index (χ4v) is 3.50. The number of rotatable bonds is 2. The van der Waals surface area contributed by atoms with Crippen LogP contribution in [-0.2, 0) is 0 Å². The van der Waals surface area contributed by atoms with Crippen LogP contribution in [0, 0.1) is 0 Å². The summed E-state index contributed by atoms with van der Waals surface area (Å²) in [5.74, 6) is 0. The molecule has 2 rings (SSSR count). The maximum Gasteiger partial charge on any atom is 0.0337 e. The smallest absolute Gasteiger partial charge is 0.0337 e. The highest BCUT2D eigenvalue weighted by atomic mass is 15.3. The third-order valence-corrected chi connectivity index (χ3v) is 4.73. The van der Waals surface area contributed by atoms with Gasteiger partial charge in [0.1, 0.15) is 0 Å². The van der Waals surface area contributed by atoms with E-state index < -0.39 is 0 Å². The molecule has 1 aliphatic carbocycles. The Bertz CT molecular complexity index is 241. The van der Waals surface area contributed by atoms with Gasteiger partial charge in [0, 0.05) is 30.2 Å². The summed E-state index contributed by atoms with van der Waals surface area (Å²) in [6, 6.07) is 0.736. The van der Waals surface area contributed by atoms with Crippen LogP contribution in [0.25, 0.3) is 0 Å². The molecule has 94 valence electrons. The quantitative estimate of drug-likeness (QED) is 0.776. The maximum atomic E-state index is 3.76. The monoisotopic (exact) mass is 224 g/mol. The SMILES string of the molecule is CCC(C)N1CC(C)(C)NCC12CCCC2. The minimum atomic E-state index is 0.289. The lowest BCUT2D eigenvalue weighted by atomic mass is 9.85. The Kier molecular flexibility index (Phi) is 3.33. The van der Waals surface area contributed by atoms with Crippen molar-refractivity contribution in [3.8, 4) is 0 Å². The van der Waals surface area contributed by atoms with Gasteiger partial charge in [-0.15, -0.1) is 0 Å². The van der Waals surface area contributed by atoms with Crippen LogP contribution in [0.5, 0.6) is 0 Å². The van der Waals surface area contributed by atoms with Crippen LogP contribution in [0.2, 0.25) is 0 Å². The summed E-state index contributed by atoms with van der Waals surface area (Å²) < 4.78 is 0. The lowest BCUT2D eigenvalue weighted by Gasteiger charge is -2.54. The van der Waals surface area contributed by atoms with Gasteiger partial charge in [0.05, 0.1) is 0 Å². The standard InChI is InChI=1S/C14H28N2/c1-5-12(2)16-11-13(3,4)15-10-14(16)8-6-7-9-14/h12,15H,5-11H2,1-4H3. The van der Waals surface area contributed by atoms with Crippen LogP contribution in [0.1, 0.15) is 59.8 Å². The molecule has 1 heterocycles. The summed E-state index contributed by atoms with van der Waals surface area (Å²) in [4.78, 5) is 2.82. The third-order valence-electron chi connectivity index (χ3n) is 4.73. The number of hydrogen-bond donors (Lipinski definition) is 1. The molecule has 1 aliphatic heterocycles. The Labute approximate surface area is 101 Å². The van der Waals surface area contributed by atoms with Gasteiger partial charge in [-0.25, -0.2) is 0 Å². The van der Waals surface area contributed by atoms with Crippen molar-refractivity contribution in [2.45, 2.75) is 76.9 Å². The second-order valence-electron chi connectivity index (χ2n) is 6.55. The molecule has 1 unspecified atom stereocenters. The highest BCUT2D eigenvalue weighted by molar-refractivity contribution is 5.05. The fourth-order valence-electron chi connectivity index (χ4n) is 3.50. The lowest BCUT2D eigenvalue weighted by Crippen LogP contribution is -2.69. The molecule has 2 nitrogen and oxygen atoms in total. The van der Waals surface area contributed by atoms with E-state index in [9.17, 15) is 0 Å². The van der Waals surface area contributed by atoms with Crippen molar-refractivity contribution >= 4 is 0 Å². The first kappa shape index (κ1) is 12.4. The highest BCUT2D eigenvalue weighted by Crippen LogP contribution is 2.39. The summed E-state index contributed by atoms with van der Waals surface area (Å²) in [7, 11) is 0. The molecule has 0 amide bonds. The van der Waals surface area contributed by atoms with E-state index in [0.29, 0.717) is 5.54 Å². The molecule has 1 spiro atoms. The summed E-state index contributed by atoms with van der Waals surface area (Å²) in [5, 5.41) is 3.76. The Morgan fingerprint density at radius 1 is 1.25 bits per heavy atom. The molecule has 2 heteroatoms. The molecule has 2 fully saturated rings. The van der Waals surface area contributed by atoms with Crippen LogP contribution in [0.3, 0.4) is 0 Å². The van der Waals surface area contributed by atoms with Crippen LogP contribution in [0.15, 0.2) is 0 Å². The van der Waals surface area contributed by atoms with Gasteiger partial charge >= 0.3 is 0 Å². The first-order chi connectivity index (χ1) is 7.49. The van der Waals surface area contributed by atoms with Crippen LogP contribution in [-0.4, -0.2) is 35.1 Å². The van der Waals surface area contributed by atoms with Crippen molar-refractivity contribution in [3.05, 3.63) is 0 Å². The highest BCUT2D eigenvalue weighted by Gasteiger charge is 2.46. The zero-order chi connectivity index (χ0) is 11.8. The largest absolute Gasteiger partial charge is 0.309 e. The zero-order valence-electron chi connectivity index (χ0n) is 11.5. The summed E-state index contributed by atoms with van der Waals surface area (Å²) in [5.41, 5.74) is 0.780. The number of nitrogens with one attached hydrogen (secondary N) is 1. The lowest BCUT2D eigenvalue weighted by molar-refractivity contribution is -0.0112. The minimum absolute atomic E-state index is 0.289. The van der Waals surface area contributed by atoms with Gasteiger partial charge in [0.2, 0.25) is 0 Å². The molecule has 1 saturated carbocycles. The molecular formula is C14H28N2. The predicted molar refractivity (Wildman–Crippen MR) is 69.7 cm³/mol. The molecule has 1 N–H and O–H groups in total. The van der Waals surface area contributed by atoms with Gasteiger partial charge in [-0.2, -0.15) is 0 Å². The Balaban J connectivity index is 2.18. The van der Waals surface area contributed by atoms with E-state index in [1.165, 1.54) is 45.2 Å². The van der Waals surface area contributed by atoms with Crippen LogP contribution < -0.4 is 5.32 Å². The van der Waals surface area contributed by atoms with E-state index in [-0.39, 0.29) is 5.54 Å². The average molecular weight is 224 g/mol. The Hall–Kier alpha value is -0.0800. The van der Waals surface area contributed by atoms with Crippen molar-refractivity contribution < 1.29 is 0 Å². The van der Waals surface area contributed by atoms with Crippen molar-refractivity contribution in [2.75, 3.05) is 13.1 Å². The summed E-state index contributed by atoms with van der Waals surface area (Å²) >= 11 is 0. The molecule has 16 heavy (non-hydrogen) atoms. The predicted octanol–water partition coefficient (Wildman–Crippen LogP) is 2.78. The van der Waals surface area contributed by atoms with E-state index in [4.69, 9.17) is 0 Å². The Morgan fingerprint density at radius 3 is 2.44 bits per heavy atom.